The van der Waals surface area contributed by atoms with Crippen LogP contribution in [0.5, 0.6) is 0 Å². The maximum atomic E-state index is 10.5. The number of aromatic amines is 2. The number of nitrogens with one attached hydrogen (secondary N) is 2. The van der Waals surface area contributed by atoms with Gasteiger partial charge in [0.05, 0.1) is 0 Å². The Hall–Kier alpha value is -0.438. The summed E-state index contributed by atoms with van der Waals surface area (Å²) in [5, 5.41) is 0. The molecule has 58 valence electrons. The number of hydrogen-bond donors (Lipinski definition) is 3. The summed E-state index contributed by atoms with van der Waals surface area (Å²) in [5.41, 5.74) is 4.94. The van der Waals surface area contributed by atoms with Crippen LogP contribution in [-0.4, -0.2) is 9.97 Å². The van der Waals surface area contributed by atoms with Crippen LogP contribution in [0.25, 0.3) is 0 Å². The van der Waals surface area contributed by atoms with E-state index in [2.05, 4.69) is 22.2 Å². The Bertz CT molecular complexity index is 289. The SMILES string of the molecule is Nc1cc(=O)[nH]c(=S)[nH]1.[Pd]. The van der Waals surface area contributed by atoms with E-state index in [4.69, 9.17) is 5.73 Å². The summed E-state index contributed by atoms with van der Waals surface area (Å²) in [5.74, 6) is 0.281. The topological polar surface area (TPSA) is 74.7 Å². The zero-order valence-electron chi connectivity index (χ0n) is 4.79. The largest absolute Gasteiger partial charge is 0.385 e. The molecule has 0 saturated carbocycles. The molecule has 4 N–H and O–H groups in total. The van der Waals surface area contributed by atoms with Gasteiger partial charge in [-0.15, -0.1) is 0 Å². The zero-order valence-corrected chi connectivity index (χ0v) is 7.16. The van der Waals surface area contributed by atoms with Crippen LogP contribution < -0.4 is 11.3 Å². The average molecular weight is 250 g/mol. The van der Waals surface area contributed by atoms with E-state index in [0.29, 0.717) is 0 Å². The molecule has 0 atom stereocenters. The van der Waals surface area contributed by atoms with Crippen LogP contribution in [0.3, 0.4) is 0 Å². The molecule has 4 nitrogen and oxygen atoms in total. The third-order valence-corrected chi connectivity index (χ3v) is 0.985. The van der Waals surface area contributed by atoms with E-state index in [9.17, 15) is 4.79 Å². The Morgan fingerprint density at radius 3 is 2.50 bits per heavy atom. The van der Waals surface area contributed by atoms with Crippen LogP contribution in [0.1, 0.15) is 0 Å². The van der Waals surface area contributed by atoms with E-state index in [1.54, 1.807) is 0 Å². The molecule has 1 aromatic heterocycles. The number of hydrogen-bond acceptors (Lipinski definition) is 3. The standard InChI is InChI=1S/C4H5N3OS.Pd/c5-2-1-3(8)7-4(9)6-2;/h1H,(H4,5,6,7,8,9);. The van der Waals surface area contributed by atoms with E-state index < -0.39 is 0 Å². The first-order valence-electron chi connectivity index (χ1n) is 2.27. The molecule has 0 radical (unpaired) electrons. The van der Waals surface area contributed by atoms with Gasteiger partial charge in [0, 0.05) is 26.5 Å². The van der Waals surface area contributed by atoms with Crippen molar-refractivity contribution in [2.45, 2.75) is 0 Å². The van der Waals surface area contributed by atoms with Gasteiger partial charge < -0.3 is 10.7 Å². The second-order valence-electron chi connectivity index (χ2n) is 1.54. The van der Waals surface area contributed by atoms with Crippen LogP contribution in [0.4, 0.5) is 5.82 Å². The van der Waals surface area contributed by atoms with E-state index in [-0.39, 0.29) is 36.6 Å². The summed E-state index contributed by atoms with van der Waals surface area (Å²) < 4.78 is 0.250. The second-order valence-corrected chi connectivity index (χ2v) is 1.95. The molecule has 0 amide bonds. The molecule has 6 heteroatoms. The van der Waals surface area contributed by atoms with Crippen molar-refractivity contribution in [2.75, 3.05) is 5.73 Å². The van der Waals surface area contributed by atoms with Crippen LogP contribution in [0.15, 0.2) is 10.9 Å². The fourth-order valence-corrected chi connectivity index (χ4v) is 0.706. The Labute approximate surface area is 75.5 Å². The van der Waals surface area contributed by atoms with E-state index in [1.165, 1.54) is 6.07 Å². The minimum atomic E-state index is -0.281. The molecule has 0 aliphatic heterocycles. The average Bonchev–Trinajstić information content (AvgIpc) is 1.59. The van der Waals surface area contributed by atoms with Crippen molar-refractivity contribution in [1.29, 1.82) is 0 Å². The van der Waals surface area contributed by atoms with Crippen molar-refractivity contribution in [2.24, 2.45) is 0 Å². The number of anilines is 1. The number of nitrogens with two attached hydrogens (primary N) is 1. The third kappa shape index (κ3) is 2.44. The molecule has 10 heavy (non-hydrogen) atoms. The molecule has 0 bridgehead atoms. The minimum absolute atomic E-state index is 0. The van der Waals surface area contributed by atoms with Crippen molar-refractivity contribution in [3.8, 4) is 0 Å². The van der Waals surface area contributed by atoms with Gasteiger partial charge in [0.1, 0.15) is 5.82 Å². The summed E-state index contributed by atoms with van der Waals surface area (Å²) in [6.45, 7) is 0. The van der Waals surface area contributed by atoms with Gasteiger partial charge in [0.2, 0.25) is 0 Å². The summed E-state index contributed by atoms with van der Waals surface area (Å²) >= 11 is 4.60. The molecule has 0 fully saturated rings. The molecule has 1 aromatic rings. The minimum Gasteiger partial charge on any atom is -0.385 e. The van der Waals surface area contributed by atoms with Gasteiger partial charge in [-0.05, 0) is 12.2 Å². The van der Waals surface area contributed by atoms with E-state index in [1.807, 2.05) is 0 Å². The molecule has 0 aromatic carbocycles. The Morgan fingerprint density at radius 1 is 1.50 bits per heavy atom. The molecule has 0 aliphatic carbocycles. The van der Waals surface area contributed by atoms with Crippen LogP contribution in [0.2, 0.25) is 0 Å². The Morgan fingerprint density at radius 2 is 2.10 bits per heavy atom. The summed E-state index contributed by atoms with van der Waals surface area (Å²) in [6.07, 6.45) is 0. The molecule has 0 aliphatic rings. The molecule has 0 spiro atoms. The van der Waals surface area contributed by atoms with Crippen LogP contribution in [-0.2, 0) is 20.4 Å². The molecule has 1 heterocycles. The van der Waals surface area contributed by atoms with Crippen molar-refractivity contribution >= 4 is 18.0 Å². The quantitative estimate of drug-likeness (QED) is 0.448. The smallest absolute Gasteiger partial charge is 0.253 e. The number of nitrogen functional groups attached to an aromatic ring is 1. The van der Waals surface area contributed by atoms with Gasteiger partial charge in [0.15, 0.2) is 4.77 Å². The molecule has 1 rings (SSSR count). The first-order chi connectivity index (χ1) is 4.18. The van der Waals surface area contributed by atoms with Gasteiger partial charge in [0.25, 0.3) is 5.56 Å². The number of rotatable bonds is 0. The van der Waals surface area contributed by atoms with Crippen LogP contribution >= 0.6 is 12.2 Å². The predicted molar refractivity (Wildman–Crippen MR) is 36.7 cm³/mol. The molecular formula is C4H5N3OPdS. The monoisotopic (exact) mass is 249 g/mol. The van der Waals surface area contributed by atoms with Gasteiger partial charge in [-0.25, -0.2) is 0 Å². The maximum Gasteiger partial charge on any atom is 0.253 e. The predicted octanol–water partition coefficient (Wildman–Crippen LogP) is 0.0122. The summed E-state index contributed by atoms with van der Waals surface area (Å²) in [4.78, 5) is 15.4. The van der Waals surface area contributed by atoms with Crippen molar-refractivity contribution in [1.82, 2.24) is 9.97 Å². The van der Waals surface area contributed by atoms with E-state index in [0.717, 1.165) is 0 Å². The van der Waals surface area contributed by atoms with E-state index >= 15 is 0 Å². The number of H-pyrrole nitrogens is 2. The fourth-order valence-electron chi connectivity index (χ4n) is 0.488. The zero-order chi connectivity index (χ0) is 6.85. The molecule has 0 unspecified atom stereocenters. The number of aromatic nitrogens is 2. The normalized spacial score (nSPS) is 8.40. The molecular weight excluding hydrogens is 245 g/mol. The fraction of sp³-hybridized carbons (Fsp3) is 0. The third-order valence-electron chi connectivity index (χ3n) is 0.781. The first-order valence-corrected chi connectivity index (χ1v) is 2.68. The van der Waals surface area contributed by atoms with Crippen LogP contribution in [0, 0.1) is 4.77 Å². The molecule has 0 saturated heterocycles. The van der Waals surface area contributed by atoms with Crippen molar-refractivity contribution in [3.63, 3.8) is 0 Å². The summed E-state index contributed by atoms with van der Waals surface area (Å²) in [6, 6.07) is 1.23. The van der Waals surface area contributed by atoms with Crippen molar-refractivity contribution < 1.29 is 20.4 Å². The van der Waals surface area contributed by atoms with Gasteiger partial charge in [-0.2, -0.15) is 0 Å². The Kier molecular flexibility index (Phi) is 3.50. The Balaban J connectivity index is 0.000000810. The van der Waals surface area contributed by atoms with Gasteiger partial charge in [-0.3, -0.25) is 9.78 Å². The second kappa shape index (κ2) is 3.66. The van der Waals surface area contributed by atoms with Gasteiger partial charge >= 0.3 is 0 Å². The first kappa shape index (κ1) is 9.56. The van der Waals surface area contributed by atoms with Gasteiger partial charge in [-0.1, -0.05) is 0 Å². The van der Waals surface area contributed by atoms with Crippen molar-refractivity contribution in [3.05, 3.63) is 21.2 Å². The summed E-state index contributed by atoms with van der Waals surface area (Å²) in [7, 11) is 0. The maximum absolute atomic E-state index is 10.5.